The van der Waals surface area contributed by atoms with Crippen LogP contribution < -0.4 is 0 Å². The van der Waals surface area contributed by atoms with Gasteiger partial charge in [0.1, 0.15) is 5.75 Å². The molecule has 0 unspecified atom stereocenters. The van der Waals surface area contributed by atoms with Gasteiger partial charge in [0, 0.05) is 12.2 Å². The van der Waals surface area contributed by atoms with Crippen molar-refractivity contribution in [1.82, 2.24) is 25.1 Å². The van der Waals surface area contributed by atoms with E-state index in [1.54, 1.807) is 28.9 Å². The molecular formula is C17H21N5O2S. The largest absolute Gasteiger partial charge is 0.508 e. The van der Waals surface area contributed by atoms with Crippen LogP contribution in [0.1, 0.15) is 32.6 Å². The number of hydrogen-bond donors (Lipinski definition) is 1. The summed E-state index contributed by atoms with van der Waals surface area (Å²) in [6.45, 7) is 2.67. The maximum absolute atomic E-state index is 12.6. The third kappa shape index (κ3) is 4.19. The van der Waals surface area contributed by atoms with Gasteiger partial charge >= 0.3 is 0 Å². The van der Waals surface area contributed by atoms with Crippen molar-refractivity contribution in [3.05, 3.63) is 36.0 Å². The zero-order valence-electron chi connectivity index (χ0n) is 14.1. The van der Waals surface area contributed by atoms with Crippen molar-refractivity contribution in [1.29, 1.82) is 0 Å². The molecule has 0 atom stereocenters. The van der Waals surface area contributed by atoms with Crippen LogP contribution >= 0.6 is 11.8 Å². The van der Waals surface area contributed by atoms with E-state index in [1.807, 2.05) is 11.8 Å². The molecule has 0 aliphatic heterocycles. The molecule has 7 nitrogen and oxygen atoms in total. The first-order valence-corrected chi connectivity index (χ1v) is 9.37. The fraction of sp³-hybridized carbons (Fsp3) is 0.412. The highest BCUT2D eigenvalue weighted by Gasteiger charge is 2.19. The van der Waals surface area contributed by atoms with Crippen LogP contribution in [0.5, 0.6) is 5.75 Å². The zero-order chi connectivity index (χ0) is 17.6. The van der Waals surface area contributed by atoms with Gasteiger partial charge in [-0.2, -0.15) is 4.68 Å². The van der Waals surface area contributed by atoms with Crippen LogP contribution in [0.4, 0.5) is 0 Å². The summed E-state index contributed by atoms with van der Waals surface area (Å²) in [4.78, 5) is 14.5. The molecule has 1 aromatic carbocycles. The number of thioether (sulfide) groups is 1. The summed E-state index contributed by atoms with van der Waals surface area (Å²) < 4.78 is 1.56. The number of tetrazole rings is 1. The summed E-state index contributed by atoms with van der Waals surface area (Å²) in [5.41, 5.74) is 1.87. The lowest BCUT2D eigenvalue weighted by Crippen LogP contribution is -2.32. The molecule has 1 aromatic heterocycles. The van der Waals surface area contributed by atoms with Gasteiger partial charge in [-0.3, -0.25) is 4.79 Å². The Kier molecular flexibility index (Phi) is 5.70. The summed E-state index contributed by atoms with van der Waals surface area (Å²) in [7, 11) is 0. The van der Waals surface area contributed by atoms with Crippen molar-refractivity contribution < 1.29 is 9.90 Å². The van der Waals surface area contributed by atoms with Gasteiger partial charge in [0.15, 0.2) is 0 Å². The fourth-order valence-corrected chi connectivity index (χ4v) is 3.60. The fourth-order valence-electron chi connectivity index (χ4n) is 2.83. The molecule has 0 radical (unpaired) electrons. The maximum Gasteiger partial charge on any atom is 0.237 e. The van der Waals surface area contributed by atoms with Crippen LogP contribution in [0.3, 0.4) is 0 Å². The minimum Gasteiger partial charge on any atom is -0.508 e. The molecule has 25 heavy (non-hydrogen) atoms. The number of phenols is 1. The predicted octanol–water partition coefficient (Wildman–Crippen LogP) is 2.77. The van der Waals surface area contributed by atoms with Crippen molar-refractivity contribution >= 4 is 17.7 Å². The first kappa shape index (κ1) is 17.5. The van der Waals surface area contributed by atoms with Crippen LogP contribution in [0, 0.1) is 0 Å². The van der Waals surface area contributed by atoms with E-state index in [1.165, 1.54) is 18.2 Å². The first-order valence-electron chi connectivity index (χ1n) is 8.39. The Morgan fingerprint density at radius 3 is 2.80 bits per heavy atom. The van der Waals surface area contributed by atoms with E-state index in [-0.39, 0.29) is 17.4 Å². The smallest absolute Gasteiger partial charge is 0.237 e. The Labute approximate surface area is 150 Å². The highest BCUT2D eigenvalue weighted by atomic mass is 32.2. The molecule has 132 valence electrons. The van der Waals surface area contributed by atoms with Gasteiger partial charge in [-0.1, -0.05) is 17.8 Å². The van der Waals surface area contributed by atoms with E-state index in [0.717, 1.165) is 30.6 Å². The van der Waals surface area contributed by atoms with Crippen LogP contribution in [-0.2, 0) is 4.79 Å². The van der Waals surface area contributed by atoms with Gasteiger partial charge in [-0.15, -0.1) is 5.10 Å². The predicted molar refractivity (Wildman–Crippen MR) is 95.5 cm³/mol. The molecule has 1 heterocycles. The lowest BCUT2D eigenvalue weighted by Gasteiger charge is -2.26. The van der Waals surface area contributed by atoms with Crippen LogP contribution in [0.15, 0.2) is 41.2 Å². The van der Waals surface area contributed by atoms with Crippen molar-refractivity contribution in [3.8, 4) is 11.4 Å². The van der Waals surface area contributed by atoms with Gasteiger partial charge in [0.2, 0.25) is 11.1 Å². The highest BCUT2D eigenvalue weighted by molar-refractivity contribution is 7.99. The highest BCUT2D eigenvalue weighted by Crippen LogP contribution is 2.24. The number of carbonyl (C=O) groups is 1. The molecule has 0 spiro atoms. The molecule has 0 bridgehead atoms. The average Bonchev–Trinajstić information content (AvgIpc) is 3.11. The summed E-state index contributed by atoms with van der Waals surface area (Å²) >= 11 is 1.31. The zero-order valence-corrected chi connectivity index (χ0v) is 14.9. The number of aromatic nitrogens is 4. The van der Waals surface area contributed by atoms with E-state index >= 15 is 0 Å². The van der Waals surface area contributed by atoms with Crippen LogP contribution in [0.25, 0.3) is 5.69 Å². The molecule has 2 aromatic rings. The number of phenolic OH excluding ortho intramolecular Hbond substituents is 1. The molecule has 1 aliphatic carbocycles. The molecule has 1 N–H and O–H groups in total. The lowest BCUT2D eigenvalue weighted by atomic mass is 10.0. The molecule has 0 saturated carbocycles. The van der Waals surface area contributed by atoms with Crippen molar-refractivity contribution in [3.63, 3.8) is 0 Å². The third-order valence-corrected chi connectivity index (χ3v) is 4.99. The van der Waals surface area contributed by atoms with E-state index in [9.17, 15) is 9.90 Å². The minimum absolute atomic E-state index is 0.0703. The Hall–Kier alpha value is -2.35. The van der Waals surface area contributed by atoms with E-state index in [0.29, 0.717) is 11.7 Å². The monoisotopic (exact) mass is 359 g/mol. The number of rotatable bonds is 6. The number of carbonyl (C=O) groups excluding carboxylic acids is 1. The summed E-state index contributed by atoms with van der Waals surface area (Å²) in [6.07, 6.45) is 6.53. The second-order valence-corrected chi connectivity index (χ2v) is 6.70. The standard InChI is InChI=1S/C17H21N5O2S/c1-2-21(13-6-4-3-5-7-13)16(24)12-25-17-18-19-20-22(17)14-8-10-15(23)11-9-14/h6,8-11,23H,2-5,7,12H2,1H3. The van der Waals surface area contributed by atoms with E-state index < -0.39 is 0 Å². The normalized spacial score (nSPS) is 14.2. The topological polar surface area (TPSA) is 84.1 Å². The Balaban J connectivity index is 1.67. The number of aromatic hydroxyl groups is 1. The van der Waals surface area contributed by atoms with Crippen molar-refractivity contribution in [2.45, 2.75) is 37.8 Å². The van der Waals surface area contributed by atoms with Gasteiger partial charge in [-0.25, -0.2) is 0 Å². The van der Waals surface area contributed by atoms with Gasteiger partial charge in [0.25, 0.3) is 0 Å². The molecule has 1 amide bonds. The van der Waals surface area contributed by atoms with Crippen molar-refractivity contribution in [2.75, 3.05) is 12.3 Å². The maximum atomic E-state index is 12.6. The lowest BCUT2D eigenvalue weighted by molar-refractivity contribution is -0.126. The first-order chi connectivity index (χ1) is 12.2. The number of hydrogen-bond acceptors (Lipinski definition) is 6. The Bertz CT molecular complexity index is 757. The SMILES string of the molecule is CCN(C(=O)CSc1nnnn1-c1ccc(O)cc1)C1=CCCCC1. The number of benzene rings is 1. The van der Waals surface area contributed by atoms with Crippen LogP contribution in [-0.4, -0.2) is 48.4 Å². The second kappa shape index (κ2) is 8.15. The molecule has 3 rings (SSSR count). The van der Waals surface area contributed by atoms with E-state index in [4.69, 9.17) is 0 Å². The minimum atomic E-state index is 0.0703. The Morgan fingerprint density at radius 2 is 2.12 bits per heavy atom. The van der Waals surface area contributed by atoms with Crippen LogP contribution in [0.2, 0.25) is 0 Å². The van der Waals surface area contributed by atoms with Crippen molar-refractivity contribution in [2.24, 2.45) is 0 Å². The Morgan fingerprint density at radius 1 is 1.32 bits per heavy atom. The summed E-state index contributed by atoms with van der Waals surface area (Å²) in [5, 5.41) is 21.6. The van der Waals surface area contributed by atoms with Gasteiger partial charge < -0.3 is 10.0 Å². The number of allylic oxidation sites excluding steroid dienone is 2. The molecule has 1 aliphatic rings. The number of amides is 1. The third-order valence-electron chi connectivity index (χ3n) is 4.09. The summed E-state index contributed by atoms with van der Waals surface area (Å²) in [5.74, 6) is 0.533. The quantitative estimate of drug-likeness (QED) is 0.799. The molecular weight excluding hydrogens is 338 g/mol. The molecule has 8 heteroatoms. The molecule has 0 saturated heterocycles. The average molecular weight is 359 g/mol. The summed E-state index contributed by atoms with van der Waals surface area (Å²) in [6, 6.07) is 6.60. The van der Waals surface area contributed by atoms with Gasteiger partial charge in [0.05, 0.1) is 11.4 Å². The number of nitrogens with zero attached hydrogens (tertiary/aromatic N) is 5. The second-order valence-electron chi connectivity index (χ2n) is 5.76. The van der Waals surface area contributed by atoms with Gasteiger partial charge in [-0.05, 0) is 67.3 Å². The molecule has 0 fully saturated rings. The van der Waals surface area contributed by atoms with E-state index in [2.05, 4.69) is 21.6 Å².